The maximum Gasteiger partial charge on any atom is 0.0620 e. The molecule has 0 amide bonds. The molecule has 0 unspecified atom stereocenters. The van der Waals surface area contributed by atoms with E-state index >= 15 is 0 Å². The van der Waals surface area contributed by atoms with Gasteiger partial charge in [0.15, 0.2) is 0 Å². The van der Waals surface area contributed by atoms with Crippen LogP contribution in [-0.2, 0) is 11.3 Å². The van der Waals surface area contributed by atoms with Crippen LogP contribution < -0.4 is 0 Å². The van der Waals surface area contributed by atoms with E-state index in [2.05, 4.69) is 49.1 Å². The summed E-state index contributed by atoms with van der Waals surface area (Å²) in [6.45, 7) is 7.22. The molecule has 82 valence electrons. The third kappa shape index (κ3) is 2.58. The van der Waals surface area contributed by atoms with Gasteiger partial charge in [0.1, 0.15) is 0 Å². The third-order valence-electron chi connectivity index (χ3n) is 3.06. The van der Waals surface area contributed by atoms with Crippen molar-refractivity contribution in [1.29, 1.82) is 0 Å². The normalized spacial score (nSPS) is 27.9. The monoisotopic (exact) mass is 205 g/mol. The molecule has 0 bridgehead atoms. The van der Waals surface area contributed by atoms with Crippen LogP contribution in [0.2, 0.25) is 0 Å². The van der Waals surface area contributed by atoms with E-state index in [-0.39, 0.29) is 0 Å². The smallest absolute Gasteiger partial charge is 0.0620 e. The van der Waals surface area contributed by atoms with E-state index in [4.69, 9.17) is 4.74 Å². The third-order valence-corrected chi connectivity index (χ3v) is 3.06. The van der Waals surface area contributed by atoms with Crippen molar-refractivity contribution in [2.75, 3.05) is 13.2 Å². The van der Waals surface area contributed by atoms with Crippen LogP contribution in [-0.4, -0.2) is 30.2 Å². The molecule has 1 fully saturated rings. The number of benzene rings is 1. The second-order valence-electron chi connectivity index (χ2n) is 4.39. The lowest BCUT2D eigenvalue weighted by Gasteiger charge is -2.38. The standard InChI is InChI=1S/C13H19NO/c1-11-9-15-10-12(2)14(11)8-13-6-4-3-5-7-13/h3-7,11-12H,8-10H2,1-2H3/t11-,12-/m1/s1. The van der Waals surface area contributed by atoms with E-state index in [0.29, 0.717) is 12.1 Å². The van der Waals surface area contributed by atoms with Crippen LogP contribution >= 0.6 is 0 Å². The van der Waals surface area contributed by atoms with Gasteiger partial charge in [0.05, 0.1) is 13.2 Å². The van der Waals surface area contributed by atoms with Gasteiger partial charge in [-0.15, -0.1) is 0 Å². The lowest BCUT2D eigenvalue weighted by molar-refractivity contribution is -0.0409. The fourth-order valence-corrected chi connectivity index (χ4v) is 2.14. The van der Waals surface area contributed by atoms with Crippen molar-refractivity contribution in [2.24, 2.45) is 0 Å². The predicted octanol–water partition coefficient (Wildman–Crippen LogP) is 2.30. The molecule has 1 aromatic carbocycles. The second kappa shape index (κ2) is 4.77. The Morgan fingerprint density at radius 1 is 1.13 bits per heavy atom. The zero-order valence-electron chi connectivity index (χ0n) is 9.52. The molecule has 2 rings (SSSR count). The predicted molar refractivity (Wildman–Crippen MR) is 61.7 cm³/mol. The minimum Gasteiger partial charge on any atom is -0.378 e. The Bertz CT molecular complexity index is 289. The maximum absolute atomic E-state index is 5.52. The molecule has 1 aliphatic rings. The summed E-state index contributed by atoms with van der Waals surface area (Å²) < 4.78 is 5.52. The van der Waals surface area contributed by atoms with Gasteiger partial charge in [-0.25, -0.2) is 0 Å². The number of ether oxygens (including phenoxy) is 1. The van der Waals surface area contributed by atoms with Crippen molar-refractivity contribution in [2.45, 2.75) is 32.5 Å². The van der Waals surface area contributed by atoms with E-state index in [1.165, 1.54) is 5.56 Å². The first-order chi connectivity index (χ1) is 7.27. The summed E-state index contributed by atoms with van der Waals surface area (Å²) in [5.41, 5.74) is 1.39. The maximum atomic E-state index is 5.52. The molecule has 1 saturated heterocycles. The van der Waals surface area contributed by atoms with Crippen LogP contribution in [0.4, 0.5) is 0 Å². The summed E-state index contributed by atoms with van der Waals surface area (Å²) in [5.74, 6) is 0. The van der Waals surface area contributed by atoms with Crippen molar-refractivity contribution >= 4 is 0 Å². The van der Waals surface area contributed by atoms with Crippen molar-refractivity contribution < 1.29 is 4.74 Å². The quantitative estimate of drug-likeness (QED) is 0.734. The van der Waals surface area contributed by atoms with Crippen molar-refractivity contribution in [3.8, 4) is 0 Å². The van der Waals surface area contributed by atoms with Crippen LogP contribution in [0.5, 0.6) is 0 Å². The highest BCUT2D eigenvalue weighted by molar-refractivity contribution is 5.14. The molecule has 0 aromatic heterocycles. The van der Waals surface area contributed by atoms with Crippen LogP contribution in [0, 0.1) is 0 Å². The summed E-state index contributed by atoms with van der Waals surface area (Å²) in [5, 5.41) is 0. The van der Waals surface area contributed by atoms with Gasteiger partial charge in [-0.1, -0.05) is 30.3 Å². The number of nitrogens with zero attached hydrogens (tertiary/aromatic N) is 1. The largest absolute Gasteiger partial charge is 0.378 e. The first-order valence-corrected chi connectivity index (χ1v) is 5.65. The lowest BCUT2D eigenvalue weighted by Crippen LogP contribution is -2.48. The van der Waals surface area contributed by atoms with Gasteiger partial charge < -0.3 is 4.74 Å². The van der Waals surface area contributed by atoms with Crippen LogP contribution in [0.1, 0.15) is 19.4 Å². The van der Waals surface area contributed by atoms with Gasteiger partial charge in [0.2, 0.25) is 0 Å². The van der Waals surface area contributed by atoms with Gasteiger partial charge >= 0.3 is 0 Å². The molecule has 2 atom stereocenters. The average molecular weight is 205 g/mol. The van der Waals surface area contributed by atoms with E-state index < -0.39 is 0 Å². The van der Waals surface area contributed by atoms with Crippen LogP contribution in [0.25, 0.3) is 0 Å². The highest BCUT2D eigenvalue weighted by Crippen LogP contribution is 2.16. The van der Waals surface area contributed by atoms with Gasteiger partial charge in [-0.05, 0) is 19.4 Å². The lowest BCUT2D eigenvalue weighted by atomic mass is 10.1. The molecule has 0 spiro atoms. The Morgan fingerprint density at radius 3 is 2.33 bits per heavy atom. The number of hydrogen-bond acceptors (Lipinski definition) is 2. The Hall–Kier alpha value is -0.860. The minimum atomic E-state index is 0.522. The zero-order valence-corrected chi connectivity index (χ0v) is 9.52. The number of morpholine rings is 1. The minimum absolute atomic E-state index is 0.522. The molecular weight excluding hydrogens is 186 g/mol. The summed E-state index contributed by atoms with van der Waals surface area (Å²) in [7, 11) is 0. The Labute approximate surface area is 91.9 Å². The Kier molecular flexibility index (Phi) is 3.39. The second-order valence-corrected chi connectivity index (χ2v) is 4.39. The molecule has 1 heterocycles. The van der Waals surface area contributed by atoms with E-state index in [1.807, 2.05) is 0 Å². The molecule has 0 N–H and O–H groups in total. The number of hydrogen-bond donors (Lipinski definition) is 0. The van der Waals surface area contributed by atoms with E-state index in [1.54, 1.807) is 0 Å². The first-order valence-electron chi connectivity index (χ1n) is 5.65. The summed E-state index contributed by atoms with van der Waals surface area (Å²) >= 11 is 0. The number of rotatable bonds is 2. The SMILES string of the molecule is C[C@@H]1COC[C@@H](C)N1Cc1ccccc1. The highest BCUT2D eigenvalue weighted by Gasteiger charge is 2.24. The first kappa shape index (κ1) is 10.7. The van der Waals surface area contributed by atoms with E-state index in [9.17, 15) is 0 Å². The average Bonchev–Trinajstić information content (AvgIpc) is 2.25. The molecular formula is C13H19NO. The topological polar surface area (TPSA) is 12.5 Å². The highest BCUT2D eigenvalue weighted by atomic mass is 16.5. The molecule has 1 aliphatic heterocycles. The van der Waals surface area contributed by atoms with Crippen LogP contribution in [0.3, 0.4) is 0 Å². The summed E-state index contributed by atoms with van der Waals surface area (Å²) in [6.07, 6.45) is 0. The van der Waals surface area contributed by atoms with Crippen molar-refractivity contribution in [1.82, 2.24) is 4.90 Å². The van der Waals surface area contributed by atoms with Gasteiger partial charge in [-0.3, -0.25) is 4.90 Å². The molecule has 2 nitrogen and oxygen atoms in total. The fraction of sp³-hybridized carbons (Fsp3) is 0.538. The van der Waals surface area contributed by atoms with Crippen molar-refractivity contribution in [3.05, 3.63) is 35.9 Å². The molecule has 2 heteroatoms. The molecule has 1 aromatic rings. The zero-order chi connectivity index (χ0) is 10.7. The molecule has 15 heavy (non-hydrogen) atoms. The van der Waals surface area contributed by atoms with Crippen molar-refractivity contribution in [3.63, 3.8) is 0 Å². The Balaban J connectivity index is 2.03. The summed E-state index contributed by atoms with van der Waals surface area (Å²) in [6, 6.07) is 11.7. The van der Waals surface area contributed by atoms with Gasteiger partial charge in [0, 0.05) is 18.6 Å². The van der Waals surface area contributed by atoms with Gasteiger partial charge in [-0.2, -0.15) is 0 Å². The fourth-order valence-electron chi connectivity index (χ4n) is 2.14. The Morgan fingerprint density at radius 2 is 1.73 bits per heavy atom. The molecule has 0 saturated carbocycles. The van der Waals surface area contributed by atoms with Gasteiger partial charge in [0.25, 0.3) is 0 Å². The molecule has 0 radical (unpaired) electrons. The molecule has 0 aliphatic carbocycles. The van der Waals surface area contributed by atoms with Crippen LogP contribution in [0.15, 0.2) is 30.3 Å². The summed E-state index contributed by atoms with van der Waals surface area (Å²) in [4.78, 5) is 2.51. The van der Waals surface area contributed by atoms with E-state index in [0.717, 1.165) is 19.8 Å².